The van der Waals surface area contributed by atoms with Gasteiger partial charge in [-0.3, -0.25) is 15.1 Å². The predicted molar refractivity (Wildman–Crippen MR) is 193 cm³/mol. The topological polar surface area (TPSA) is 107 Å². The highest BCUT2D eigenvalue weighted by molar-refractivity contribution is 5.97. The molecule has 4 aromatic heterocycles. The summed E-state index contributed by atoms with van der Waals surface area (Å²) in [5.41, 5.74) is 9.21. The first kappa shape index (κ1) is 35.4. The molecule has 0 saturated carbocycles. The first-order valence-electron chi connectivity index (χ1n) is 15.7. The number of hydrogen-bond acceptors (Lipinski definition) is 6. The number of pyridine rings is 2. The van der Waals surface area contributed by atoms with Crippen molar-refractivity contribution < 1.29 is 8.78 Å². The highest BCUT2D eigenvalue weighted by Gasteiger charge is 2.19. The highest BCUT2D eigenvalue weighted by Crippen LogP contribution is 2.35. The van der Waals surface area contributed by atoms with E-state index < -0.39 is 5.82 Å². The van der Waals surface area contributed by atoms with E-state index in [4.69, 9.17) is 4.98 Å². The van der Waals surface area contributed by atoms with Gasteiger partial charge in [0.15, 0.2) is 5.82 Å². The number of hydrogen-bond donors (Lipinski definition) is 4. The number of aromatic amines is 2. The first-order valence-corrected chi connectivity index (χ1v) is 15.7. The second kappa shape index (κ2) is 15.4. The van der Waals surface area contributed by atoms with Gasteiger partial charge >= 0.3 is 0 Å². The van der Waals surface area contributed by atoms with Crippen LogP contribution in [0.2, 0.25) is 0 Å². The Morgan fingerprint density at radius 3 is 2.42 bits per heavy atom. The van der Waals surface area contributed by atoms with Crippen LogP contribution >= 0.6 is 0 Å². The van der Waals surface area contributed by atoms with Crippen LogP contribution in [0.3, 0.4) is 0 Å². The maximum absolute atomic E-state index is 15.4. The van der Waals surface area contributed by atoms with Crippen molar-refractivity contribution in [3.8, 4) is 33.9 Å². The van der Waals surface area contributed by atoms with Gasteiger partial charge in [-0.1, -0.05) is 54.4 Å². The minimum atomic E-state index is -0.408. The molecule has 0 aliphatic rings. The molecule has 0 amide bonds. The largest absolute Gasteiger partial charge is 0.358 e. The van der Waals surface area contributed by atoms with Crippen LogP contribution in [0.5, 0.6) is 0 Å². The van der Waals surface area contributed by atoms with E-state index in [2.05, 4.69) is 82.0 Å². The molecule has 2 aromatic carbocycles. The Kier molecular flexibility index (Phi) is 11.4. The summed E-state index contributed by atoms with van der Waals surface area (Å²) in [5, 5.41) is 14.4. The molecule has 0 fully saturated rings. The van der Waals surface area contributed by atoms with Crippen molar-refractivity contribution in [2.45, 2.75) is 47.6 Å². The third-order valence-corrected chi connectivity index (χ3v) is 7.00. The Morgan fingerprint density at radius 1 is 0.958 bits per heavy atom. The van der Waals surface area contributed by atoms with Gasteiger partial charge in [0.05, 0.1) is 28.6 Å². The van der Waals surface area contributed by atoms with Crippen molar-refractivity contribution in [1.29, 1.82) is 0 Å². The predicted octanol–water partition coefficient (Wildman–Crippen LogP) is 9.57. The number of nitrogens with zero attached hydrogens (tertiary/aromatic N) is 4. The zero-order chi connectivity index (χ0) is 35.0. The number of halogens is 2. The maximum atomic E-state index is 15.4. The van der Waals surface area contributed by atoms with E-state index in [1.165, 1.54) is 18.2 Å². The molecule has 10 heteroatoms. The molecule has 0 saturated heterocycles. The molecule has 4 N–H and O–H groups in total. The molecule has 0 aliphatic carbocycles. The van der Waals surface area contributed by atoms with Crippen LogP contribution in [0, 0.1) is 17.0 Å². The van der Waals surface area contributed by atoms with Gasteiger partial charge in [-0.25, -0.2) is 13.8 Å². The van der Waals surface area contributed by atoms with Crippen LogP contribution < -0.4 is 10.6 Å². The summed E-state index contributed by atoms with van der Waals surface area (Å²) in [6.45, 7) is 21.3. The molecule has 0 unspecified atom stereocenters. The fourth-order valence-corrected chi connectivity index (χ4v) is 5.34. The summed E-state index contributed by atoms with van der Waals surface area (Å²) >= 11 is 0. The van der Waals surface area contributed by atoms with Crippen molar-refractivity contribution >= 4 is 27.6 Å². The van der Waals surface area contributed by atoms with Crippen molar-refractivity contribution in [1.82, 2.24) is 35.5 Å². The molecule has 8 nitrogen and oxygen atoms in total. The first-order chi connectivity index (χ1) is 23.0. The normalized spacial score (nSPS) is 10.9. The van der Waals surface area contributed by atoms with Crippen LogP contribution in [0.1, 0.15) is 46.6 Å². The number of allylic oxidation sites excluding steroid dienone is 1. The summed E-state index contributed by atoms with van der Waals surface area (Å²) in [6, 6.07) is 11.7. The van der Waals surface area contributed by atoms with Crippen LogP contribution in [-0.4, -0.2) is 37.2 Å². The number of benzene rings is 2. The van der Waals surface area contributed by atoms with Gasteiger partial charge in [-0.15, -0.1) is 5.73 Å². The minimum absolute atomic E-state index is 0.0736. The van der Waals surface area contributed by atoms with E-state index in [1.54, 1.807) is 30.7 Å². The Morgan fingerprint density at radius 2 is 1.71 bits per heavy atom. The van der Waals surface area contributed by atoms with Crippen molar-refractivity contribution in [3.63, 3.8) is 0 Å². The fourth-order valence-electron chi connectivity index (χ4n) is 5.34. The van der Waals surface area contributed by atoms with Gasteiger partial charge in [-0.2, -0.15) is 5.10 Å². The Balaban J connectivity index is 0.000000986. The van der Waals surface area contributed by atoms with Gasteiger partial charge in [0.2, 0.25) is 0 Å². The number of anilines is 1. The van der Waals surface area contributed by atoms with Crippen LogP contribution in [0.15, 0.2) is 92.2 Å². The molecule has 248 valence electrons. The Labute approximate surface area is 280 Å². The lowest BCUT2D eigenvalue weighted by Crippen LogP contribution is -2.10. The fraction of sp³-hybridized carbons (Fsp3) is 0.237. The van der Waals surface area contributed by atoms with E-state index in [9.17, 15) is 4.39 Å². The molecule has 0 radical (unpaired) electrons. The molecule has 6 aromatic rings. The van der Waals surface area contributed by atoms with E-state index in [0.29, 0.717) is 56.9 Å². The number of fused-ring (bicyclic) bond motifs is 2. The number of H-pyrrole nitrogens is 2. The van der Waals surface area contributed by atoms with Crippen LogP contribution in [-0.2, 0) is 6.54 Å². The van der Waals surface area contributed by atoms with Gasteiger partial charge in [0.25, 0.3) is 0 Å². The van der Waals surface area contributed by atoms with Crippen molar-refractivity contribution in [2.24, 2.45) is 5.41 Å². The van der Waals surface area contributed by atoms with E-state index >= 15 is 4.39 Å². The standard InChI is InChI=1S/C33H32F2N8.C3H4.C2H6/c1-18(14-33(2,3)4)39-23-11-21(16-37-17-23)24-12-25-28(13-26(24)35)42-43-30(25)32-40-27-6-7-38-29(31(27)41-32)20-8-19(15-36-5)9-22(34)10-20;1-3-2;1-2/h6-13,16-17,36,39H,1,14-15H2,2-5H3,(H,40,41)(H,42,43);1-2H2;1-2H3. The SMILES string of the molecule is C=C(CC(C)(C)C)Nc1cncc(-c2cc3c(-c4nc5c(-c6cc(F)cc(CNC)c6)nccc5[nH]4)n[nH]c3cc2F)c1.C=C=C.CC. The molecular formula is C38H42F2N8. The lowest BCUT2D eigenvalue weighted by Gasteiger charge is -2.20. The maximum Gasteiger partial charge on any atom is 0.159 e. The molecule has 0 aliphatic heterocycles. The second-order valence-corrected chi connectivity index (χ2v) is 12.1. The van der Waals surface area contributed by atoms with Gasteiger partial charge in [-0.05, 0) is 60.8 Å². The van der Waals surface area contributed by atoms with Crippen molar-refractivity contribution in [2.75, 3.05) is 12.4 Å². The summed E-state index contributed by atoms with van der Waals surface area (Å²) in [4.78, 5) is 17.0. The summed E-state index contributed by atoms with van der Waals surface area (Å²) < 4.78 is 29.8. The second-order valence-electron chi connectivity index (χ2n) is 12.1. The number of rotatable bonds is 8. The number of imidazole rings is 1. The molecule has 4 heterocycles. The summed E-state index contributed by atoms with van der Waals surface area (Å²) in [7, 11) is 1.81. The van der Waals surface area contributed by atoms with Gasteiger partial charge in [0, 0.05) is 52.8 Å². The Hall–Kier alpha value is -5.44. The minimum Gasteiger partial charge on any atom is -0.358 e. The van der Waals surface area contributed by atoms with E-state index in [0.717, 1.165) is 28.9 Å². The molecular weight excluding hydrogens is 606 g/mol. The van der Waals surface area contributed by atoms with E-state index in [1.807, 2.05) is 33.0 Å². The lowest BCUT2D eigenvalue weighted by atomic mass is 9.91. The molecule has 48 heavy (non-hydrogen) atoms. The smallest absolute Gasteiger partial charge is 0.159 e. The molecule has 0 atom stereocenters. The monoisotopic (exact) mass is 648 g/mol. The molecule has 0 spiro atoms. The lowest BCUT2D eigenvalue weighted by molar-refractivity contribution is 0.411. The summed E-state index contributed by atoms with van der Waals surface area (Å²) in [6.07, 6.45) is 5.75. The quantitative estimate of drug-likeness (QED) is 0.123. The van der Waals surface area contributed by atoms with Gasteiger partial charge < -0.3 is 15.6 Å². The third kappa shape index (κ3) is 8.28. The van der Waals surface area contributed by atoms with E-state index in [-0.39, 0.29) is 11.2 Å². The molecule has 0 bridgehead atoms. The number of nitrogens with one attached hydrogen (secondary N) is 4. The van der Waals surface area contributed by atoms with Gasteiger partial charge in [0.1, 0.15) is 22.8 Å². The zero-order valence-corrected chi connectivity index (χ0v) is 28.4. The third-order valence-electron chi connectivity index (χ3n) is 7.00. The van der Waals surface area contributed by atoms with Crippen LogP contribution in [0.25, 0.3) is 55.8 Å². The summed E-state index contributed by atoms with van der Waals surface area (Å²) in [5.74, 6) is -0.279. The highest BCUT2D eigenvalue weighted by atomic mass is 19.1. The molecule has 6 rings (SSSR count). The average molecular weight is 649 g/mol. The van der Waals surface area contributed by atoms with Crippen molar-refractivity contribution in [3.05, 3.63) is 109 Å². The van der Waals surface area contributed by atoms with Crippen LogP contribution in [0.4, 0.5) is 14.5 Å². The zero-order valence-electron chi connectivity index (χ0n) is 28.4. The average Bonchev–Trinajstić information content (AvgIpc) is 3.65. The number of aromatic nitrogens is 6. The Bertz CT molecular complexity index is 2080.